The zero-order valence-electron chi connectivity index (χ0n) is 19.0. The van der Waals surface area contributed by atoms with Crippen LogP contribution in [0.25, 0.3) is 11.0 Å². The summed E-state index contributed by atoms with van der Waals surface area (Å²) in [6.07, 6.45) is 0. The van der Waals surface area contributed by atoms with Crippen molar-refractivity contribution in [3.05, 3.63) is 84.6 Å². The molecule has 0 bridgehead atoms. The fourth-order valence-corrected chi connectivity index (χ4v) is 3.88. The predicted molar refractivity (Wildman–Crippen MR) is 133 cm³/mol. The van der Waals surface area contributed by atoms with Gasteiger partial charge in [0.05, 0.1) is 13.2 Å². The van der Waals surface area contributed by atoms with E-state index in [1.165, 1.54) is 0 Å². The third-order valence-electron chi connectivity index (χ3n) is 5.64. The Hall–Kier alpha value is -4.30. The molecule has 1 fully saturated rings. The summed E-state index contributed by atoms with van der Waals surface area (Å²) in [5.41, 5.74) is 2.77. The molecule has 4 aromatic rings. The van der Waals surface area contributed by atoms with Crippen LogP contribution in [0.1, 0.15) is 10.6 Å². The van der Waals surface area contributed by atoms with Gasteiger partial charge in [0.15, 0.2) is 6.61 Å². The van der Waals surface area contributed by atoms with E-state index in [1.54, 1.807) is 23.1 Å². The fraction of sp³-hybridized carbons (Fsp3) is 0.185. The molecule has 8 nitrogen and oxygen atoms in total. The highest BCUT2D eigenvalue weighted by Gasteiger charge is 2.27. The van der Waals surface area contributed by atoms with E-state index in [2.05, 4.69) is 10.6 Å². The quantitative estimate of drug-likeness (QED) is 0.407. The molecule has 0 spiro atoms. The maximum absolute atomic E-state index is 13.1. The third kappa shape index (κ3) is 5.28. The summed E-state index contributed by atoms with van der Waals surface area (Å²) in [4.78, 5) is 27.5. The molecule has 1 aromatic heterocycles. The van der Waals surface area contributed by atoms with Gasteiger partial charge in [0.25, 0.3) is 11.8 Å². The van der Waals surface area contributed by atoms with Crippen LogP contribution < -0.4 is 15.4 Å². The Labute approximate surface area is 202 Å². The van der Waals surface area contributed by atoms with Crippen LogP contribution in [0.5, 0.6) is 5.75 Å². The van der Waals surface area contributed by atoms with E-state index in [-0.39, 0.29) is 24.2 Å². The maximum Gasteiger partial charge on any atom is 0.291 e. The summed E-state index contributed by atoms with van der Waals surface area (Å²) in [6, 6.07) is 24.4. The van der Waals surface area contributed by atoms with Gasteiger partial charge in [-0.3, -0.25) is 9.59 Å². The first-order valence-corrected chi connectivity index (χ1v) is 11.4. The Morgan fingerprint density at radius 3 is 2.31 bits per heavy atom. The highest BCUT2D eigenvalue weighted by Crippen LogP contribution is 2.32. The zero-order chi connectivity index (χ0) is 24.0. The number of carbonyl (C=O) groups excluding carboxylic acids is 2. The number of benzene rings is 3. The minimum absolute atomic E-state index is 0.109. The third-order valence-corrected chi connectivity index (χ3v) is 5.64. The monoisotopic (exact) mass is 471 g/mol. The first kappa shape index (κ1) is 22.5. The molecule has 1 saturated heterocycles. The van der Waals surface area contributed by atoms with Gasteiger partial charge in [-0.25, -0.2) is 0 Å². The lowest BCUT2D eigenvalue weighted by atomic mass is 10.2. The molecule has 3 aromatic carbocycles. The van der Waals surface area contributed by atoms with Crippen LogP contribution >= 0.6 is 0 Å². The van der Waals surface area contributed by atoms with Crippen LogP contribution in [0.2, 0.25) is 0 Å². The molecule has 0 saturated carbocycles. The van der Waals surface area contributed by atoms with Gasteiger partial charge in [-0.05, 0) is 48.5 Å². The number of amides is 2. The number of anilines is 3. The van der Waals surface area contributed by atoms with Crippen molar-refractivity contribution in [2.45, 2.75) is 0 Å². The van der Waals surface area contributed by atoms with Crippen LogP contribution in [0.3, 0.4) is 0 Å². The van der Waals surface area contributed by atoms with Gasteiger partial charge in [-0.15, -0.1) is 0 Å². The number of morpholine rings is 1. The van der Waals surface area contributed by atoms with Crippen molar-refractivity contribution in [1.82, 2.24) is 4.90 Å². The molecule has 0 unspecified atom stereocenters. The maximum atomic E-state index is 13.1. The summed E-state index contributed by atoms with van der Waals surface area (Å²) in [6.45, 7) is 1.68. The van der Waals surface area contributed by atoms with Crippen molar-refractivity contribution in [3.63, 3.8) is 0 Å². The normalized spacial score (nSPS) is 13.4. The number of hydrogen-bond acceptors (Lipinski definition) is 6. The molecule has 2 N–H and O–H groups in total. The molecule has 1 aliphatic heterocycles. The van der Waals surface area contributed by atoms with Crippen molar-refractivity contribution < 1.29 is 23.5 Å². The van der Waals surface area contributed by atoms with Crippen LogP contribution in [-0.2, 0) is 9.53 Å². The lowest BCUT2D eigenvalue weighted by Gasteiger charge is -2.26. The molecule has 2 heterocycles. The number of ether oxygens (including phenoxy) is 2. The number of furan rings is 1. The van der Waals surface area contributed by atoms with Gasteiger partial charge in [-0.1, -0.05) is 30.3 Å². The molecule has 35 heavy (non-hydrogen) atoms. The second kappa shape index (κ2) is 10.3. The van der Waals surface area contributed by atoms with Crippen LogP contribution in [0.15, 0.2) is 83.3 Å². The summed E-state index contributed by atoms with van der Waals surface area (Å²) >= 11 is 0. The van der Waals surface area contributed by atoms with Gasteiger partial charge >= 0.3 is 0 Å². The molecule has 2 amide bonds. The highest BCUT2D eigenvalue weighted by atomic mass is 16.5. The molecule has 8 heteroatoms. The molecule has 5 rings (SSSR count). The van der Waals surface area contributed by atoms with E-state index in [4.69, 9.17) is 13.9 Å². The van der Waals surface area contributed by atoms with Crippen molar-refractivity contribution >= 4 is 39.8 Å². The molecule has 1 aliphatic rings. The highest BCUT2D eigenvalue weighted by molar-refractivity contribution is 6.11. The lowest BCUT2D eigenvalue weighted by Crippen LogP contribution is -2.40. The van der Waals surface area contributed by atoms with E-state index in [1.807, 2.05) is 60.7 Å². The lowest BCUT2D eigenvalue weighted by molar-refractivity contribution is -0.118. The summed E-state index contributed by atoms with van der Waals surface area (Å²) < 4.78 is 16.8. The first-order valence-electron chi connectivity index (χ1n) is 11.4. The first-order chi connectivity index (χ1) is 17.2. The number of carbonyl (C=O) groups is 2. The van der Waals surface area contributed by atoms with E-state index < -0.39 is 0 Å². The second-order valence-corrected chi connectivity index (χ2v) is 8.06. The van der Waals surface area contributed by atoms with E-state index in [9.17, 15) is 9.59 Å². The minimum Gasteiger partial charge on any atom is -0.484 e. The smallest absolute Gasteiger partial charge is 0.291 e. The zero-order valence-corrected chi connectivity index (χ0v) is 19.0. The Balaban J connectivity index is 1.25. The number of rotatable bonds is 7. The fourth-order valence-electron chi connectivity index (χ4n) is 3.88. The van der Waals surface area contributed by atoms with Crippen molar-refractivity contribution in [2.75, 3.05) is 43.5 Å². The Morgan fingerprint density at radius 1 is 0.857 bits per heavy atom. The number of hydrogen-bond donors (Lipinski definition) is 2. The minimum atomic E-state index is -0.390. The predicted octanol–water partition coefficient (Wildman–Crippen LogP) is 4.67. The number of nitrogens with zero attached hydrogens (tertiary/aromatic N) is 1. The molecule has 178 valence electrons. The van der Waals surface area contributed by atoms with Gasteiger partial charge in [0.2, 0.25) is 5.76 Å². The van der Waals surface area contributed by atoms with Gasteiger partial charge in [-0.2, -0.15) is 0 Å². The SMILES string of the molecule is O=C(COc1ccc(Nc2ccccc2)cc1)Nc1c(C(=O)N2CCOCC2)oc2ccccc12. The topological polar surface area (TPSA) is 93.0 Å². The summed E-state index contributed by atoms with van der Waals surface area (Å²) in [7, 11) is 0. The second-order valence-electron chi connectivity index (χ2n) is 8.06. The standard InChI is InChI=1S/C27H25N3O5/c31-24(18-34-21-12-10-20(11-13-21)28-19-6-2-1-3-7-19)29-25-22-8-4-5-9-23(22)35-26(25)27(32)30-14-16-33-17-15-30/h1-13,28H,14-18H2,(H,29,31). The van der Waals surface area contributed by atoms with Gasteiger partial charge < -0.3 is 29.4 Å². The van der Waals surface area contributed by atoms with Crippen molar-refractivity contribution in [3.8, 4) is 5.75 Å². The van der Waals surface area contributed by atoms with Crippen LogP contribution in [0.4, 0.5) is 17.1 Å². The van der Waals surface area contributed by atoms with Gasteiger partial charge in [0.1, 0.15) is 17.0 Å². The average molecular weight is 472 g/mol. The largest absolute Gasteiger partial charge is 0.484 e. The molecular formula is C27H25N3O5. The van der Waals surface area contributed by atoms with E-state index >= 15 is 0 Å². The van der Waals surface area contributed by atoms with E-state index in [0.29, 0.717) is 48.7 Å². The Kier molecular flexibility index (Phi) is 6.63. The Morgan fingerprint density at radius 2 is 1.54 bits per heavy atom. The van der Waals surface area contributed by atoms with Crippen molar-refractivity contribution in [2.24, 2.45) is 0 Å². The average Bonchev–Trinajstić information content (AvgIpc) is 3.27. The molecule has 0 aliphatic carbocycles. The molecule has 0 atom stereocenters. The molecule has 0 radical (unpaired) electrons. The Bertz CT molecular complexity index is 1310. The summed E-state index contributed by atoms with van der Waals surface area (Å²) in [5, 5.41) is 6.78. The summed E-state index contributed by atoms with van der Waals surface area (Å²) in [5.74, 6) is -0.000454. The van der Waals surface area contributed by atoms with Crippen LogP contribution in [0, 0.1) is 0 Å². The molecular weight excluding hydrogens is 446 g/mol. The van der Waals surface area contributed by atoms with Crippen molar-refractivity contribution in [1.29, 1.82) is 0 Å². The van der Waals surface area contributed by atoms with Gasteiger partial charge in [0, 0.05) is 29.9 Å². The van der Waals surface area contributed by atoms with Crippen LogP contribution in [-0.4, -0.2) is 49.6 Å². The number of nitrogens with one attached hydrogen (secondary N) is 2. The van der Waals surface area contributed by atoms with E-state index in [0.717, 1.165) is 11.4 Å². The number of para-hydroxylation sites is 2. The number of fused-ring (bicyclic) bond motifs is 1.